The number of anilines is 4. The van der Waals surface area contributed by atoms with E-state index in [4.69, 9.17) is 18.9 Å². The van der Waals surface area contributed by atoms with Crippen molar-refractivity contribution in [1.29, 1.82) is 0 Å². The van der Waals surface area contributed by atoms with Gasteiger partial charge in [-0.15, -0.1) is 5.10 Å². The highest BCUT2D eigenvalue weighted by Gasteiger charge is 2.14. The number of hydrogen-bond donors (Lipinski definition) is 2. The Kier molecular flexibility index (Phi) is 4.17. The van der Waals surface area contributed by atoms with Crippen LogP contribution in [0.5, 0.6) is 23.0 Å². The van der Waals surface area contributed by atoms with Gasteiger partial charge in [0.1, 0.15) is 26.4 Å². The van der Waals surface area contributed by atoms with Crippen molar-refractivity contribution in [2.24, 2.45) is 0 Å². The van der Waals surface area contributed by atoms with E-state index in [0.717, 1.165) is 22.9 Å². The molecule has 2 aliphatic rings. The van der Waals surface area contributed by atoms with E-state index >= 15 is 0 Å². The SMILES string of the molecule is c1cc2c(cc1Nc1cnnc(Nc3ccc4c(c3)OCCO4)n1)OCCO2. The van der Waals surface area contributed by atoms with E-state index in [1.165, 1.54) is 0 Å². The monoisotopic (exact) mass is 379 g/mol. The minimum Gasteiger partial charge on any atom is -0.486 e. The highest BCUT2D eigenvalue weighted by molar-refractivity contribution is 5.63. The number of nitrogens with zero attached hydrogens (tertiary/aromatic N) is 3. The summed E-state index contributed by atoms with van der Waals surface area (Å²) >= 11 is 0. The number of aromatic nitrogens is 3. The Labute approximate surface area is 160 Å². The standard InChI is InChI=1S/C19H17N5O4/c1-3-14-16(27-7-5-25-14)9-12(1)21-18-11-20-24-19(23-18)22-13-2-4-15-17(10-13)28-8-6-26-15/h1-4,9-11H,5-8H2,(H2,21,22,23,24). The molecule has 9 nitrogen and oxygen atoms in total. The van der Waals surface area contributed by atoms with Crippen LogP contribution in [0.2, 0.25) is 0 Å². The van der Waals surface area contributed by atoms with E-state index in [1.54, 1.807) is 6.20 Å². The summed E-state index contributed by atoms with van der Waals surface area (Å²) in [5.74, 6) is 3.76. The Morgan fingerprint density at radius 1 is 0.679 bits per heavy atom. The molecule has 0 saturated carbocycles. The van der Waals surface area contributed by atoms with Gasteiger partial charge in [0.2, 0.25) is 5.95 Å². The first-order valence-electron chi connectivity index (χ1n) is 8.86. The summed E-state index contributed by atoms with van der Waals surface area (Å²) in [7, 11) is 0. The molecule has 2 aliphatic heterocycles. The fourth-order valence-electron chi connectivity index (χ4n) is 2.94. The van der Waals surface area contributed by atoms with Gasteiger partial charge in [-0.05, 0) is 24.3 Å². The first-order valence-corrected chi connectivity index (χ1v) is 8.86. The Hall–Kier alpha value is -3.75. The summed E-state index contributed by atoms with van der Waals surface area (Å²) in [5.41, 5.74) is 1.59. The zero-order valence-electron chi connectivity index (χ0n) is 14.8. The average molecular weight is 379 g/mol. The van der Waals surface area contributed by atoms with E-state index in [9.17, 15) is 0 Å². The molecule has 2 N–H and O–H groups in total. The fraction of sp³-hybridized carbons (Fsp3) is 0.211. The zero-order valence-corrected chi connectivity index (χ0v) is 14.8. The molecule has 142 valence electrons. The molecule has 5 rings (SSSR count). The Morgan fingerprint density at radius 2 is 1.25 bits per heavy atom. The van der Waals surface area contributed by atoms with Gasteiger partial charge < -0.3 is 29.6 Å². The molecule has 0 atom stereocenters. The molecule has 9 heteroatoms. The topological polar surface area (TPSA) is 99.7 Å². The predicted octanol–water partition coefficient (Wildman–Crippen LogP) is 2.90. The lowest BCUT2D eigenvalue weighted by Crippen LogP contribution is -2.15. The Morgan fingerprint density at radius 3 is 1.89 bits per heavy atom. The van der Waals surface area contributed by atoms with Crippen LogP contribution in [0.1, 0.15) is 0 Å². The van der Waals surface area contributed by atoms with Crippen LogP contribution < -0.4 is 29.6 Å². The van der Waals surface area contributed by atoms with Crippen molar-refractivity contribution < 1.29 is 18.9 Å². The third kappa shape index (κ3) is 3.41. The fourth-order valence-corrected chi connectivity index (χ4v) is 2.94. The van der Waals surface area contributed by atoms with Gasteiger partial charge in [0, 0.05) is 23.5 Å². The number of nitrogens with one attached hydrogen (secondary N) is 2. The van der Waals surface area contributed by atoms with Gasteiger partial charge in [-0.1, -0.05) is 0 Å². The molecule has 28 heavy (non-hydrogen) atoms. The number of rotatable bonds is 4. The third-order valence-corrected chi connectivity index (χ3v) is 4.17. The highest BCUT2D eigenvalue weighted by atomic mass is 16.6. The highest BCUT2D eigenvalue weighted by Crippen LogP contribution is 2.34. The first kappa shape index (κ1) is 16.4. The van der Waals surface area contributed by atoms with Gasteiger partial charge >= 0.3 is 0 Å². The molecule has 0 aliphatic carbocycles. The number of fused-ring (bicyclic) bond motifs is 2. The van der Waals surface area contributed by atoms with E-state index in [2.05, 4.69) is 25.8 Å². The number of hydrogen-bond acceptors (Lipinski definition) is 9. The molecule has 3 heterocycles. The molecule has 2 aromatic carbocycles. The van der Waals surface area contributed by atoms with Crippen molar-refractivity contribution >= 4 is 23.1 Å². The maximum absolute atomic E-state index is 5.60. The maximum Gasteiger partial charge on any atom is 0.249 e. The van der Waals surface area contributed by atoms with Gasteiger partial charge in [-0.2, -0.15) is 10.1 Å². The van der Waals surface area contributed by atoms with Crippen LogP contribution in [0.4, 0.5) is 23.1 Å². The van der Waals surface area contributed by atoms with Gasteiger partial charge in [-0.25, -0.2) is 0 Å². The molecule has 0 amide bonds. The molecule has 0 spiro atoms. The molecule has 0 saturated heterocycles. The van der Waals surface area contributed by atoms with Crippen LogP contribution in [-0.2, 0) is 0 Å². The summed E-state index contributed by atoms with van der Waals surface area (Å²) in [5, 5.41) is 14.4. The van der Waals surface area contributed by atoms with E-state index in [1.807, 2.05) is 36.4 Å². The quantitative estimate of drug-likeness (QED) is 0.709. The number of benzene rings is 2. The lowest BCUT2D eigenvalue weighted by atomic mass is 10.2. The molecule has 0 bridgehead atoms. The van der Waals surface area contributed by atoms with Crippen LogP contribution in [-0.4, -0.2) is 41.6 Å². The molecule has 0 radical (unpaired) electrons. The van der Waals surface area contributed by atoms with Gasteiger partial charge in [0.15, 0.2) is 28.8 Å². The molecule has 3 aromatic rings. The summed E-state index contributed by atoms with van der Waals surface area (Å²) in [6, 6.07) is 11.2. The third-order valence-electron chi connectivity index (χ3n) is 4.17. The molecular formula is C19H17N5O4. The summed E-state index contributed by atoms with van der Waals surface area (Å²) in [6.45, 7) is 2.18. The van der Waals surface area contributed by atoms with Crippen LogP contribution in [0.15, 0.2) is 42.6 Å². The second-order valence-corrected chi connectivity index (χ2v) is 6.13. The van der Waals surface area contributed by atoms with E-state index in [-0.39, 0.29) is 0 Å². The van der Waals surface area contributed by atoms with Crippen molar-refractivity contribution in [2.75, 3.05) is 37.1 Å². The first-order chi connectivity index (χ1) is 13.8. The molecular weight excluding hydrogens is 362 g/mol. The van der Waals surface area contributed by atoms with Gasteiger partial charge in [-0.3, -0.25) is 0 Å². The second kappa shape index (κ2) is 7.10. The summed E-state index contributed by atoms with van der Waals surface area (Å²) in [6.07, 6.45) is 1.55. The summed E-state index contributed by atoms with van der Waals surface area (Å²) in [4.78, 5) is 4.45. The van der Waals surface area contributed by atoms with E-state index in [0.29, 0.717) is 49.7 Å². The van der Waals surface area contributed by atoms with Crippen LogP contribution in [0, 0.1) is 0 Å². The smallest absolute Gasteiger partial charge is 0.249 e. The minimum atomic E-state index is 0.360. The normalized spacial score (nSPS) is 14.3. The average Bonchev–Trinajstić information content (AvgIpc) is 2.74. The van der Waals surface area contributed by atoms with Crippen LogP contribution >= 0.6 is 0 Å². The number of ether oxygens (including phenoxy) is 4. The molecule has 0 fully saturated rings. The Bertz CT molecular complexity index is 937. The van der Waals surface area contributed by atoms with Crippen molar-refractivity contribution in [3.05, 3.63) is 42.6 Å². The zero-order chi connectivity index (χ0) is 18.8. The predicted molar refractivity (Wildman–Crippen MR) is 101 cm³/mol. The van der Waals surface area contributed by atoms with E-state index < -0.39 is 0 Å². The Balaban J connectivity index is 1.32. The maximum atomic E-state index is 5.60. The minimum absolute atomic E-state index is 0.360. The van der Waals surface area contributed by atoms with Crippen molar-refractivity contribution in [2.45, 2.75) is 0 Å². The van der Waals surface area contributed by atoms with Crippen molar-refractivity contribution in [1.82, 2.24) is 15.2 Å². The lowest BCUT2D eigenvalue weighted by Gasteiger charge is -2.19. The van der Waals surface area contributed by atoms with Crippen molar-refractivity contribution in [3.8, 4) is 23.0 Å². The summed E-state index contributed by atoms with van der Waals surface area (Å²) < 4.78 is 22.3. The molecule has 1 aromatic heterocycles. The van der Waals surface area contributed by atoms with Crippen LogP contribution in [0.25, 0.3) is 0 Å². The lowest BCUT2D eigenvalue weighted by molar-refractivity contribution is 0.171. The largest absolute Gasteiger partial charge is 0.486 e. The second-order valence-electron chi connectivity index (χ2n) is 6.13. The van der Waals surface area contributed by atoms with Crippen LogP contribution in [0.3, 0.4) is 0 Å². The molecule has 0 unspecified atom stereocenters. The van der Waals surface area contributed by atoms with Gasteiger partial charge in [0.05, 0.1) is 6.20 Å². The van der Waals surface area contributed by atoms with Crippen molar-refractivity contribution in [3.63, 3.8) is 0 Å². The van der Waals surface area contributed by atoms with Gasteiger partial charge in [0.25, 0.3) is 0 Å².